The lowest BCUT2D eigenvalue weighted by molar-refractivity contribution is 0.483. The van der Waals surface area contributed by atoms with Gasteiger partial charge in [-0.3, -0.25) is 4.55 Å². The van der Waals surface area contributed by atoms with Gasteiger partial charge in [0.15, 0.2) is 0 Å². The molecule has 0 bridgehead atoms. The molecule has 0 aliphatic rings. The predicted molar refractivity (Wildman–Crippen MR) is 316 cm³/mol. The molecule has 0 unspecified atom stereocenters. The second-order valence-electron chi connectivity index (χ2n) is 18.8. The first kappa shape index (κ1) is 47.5. The van der Waals surface area contributed by atoms with Crippen LogP contribution >= 0.6 is 0 Å². The lowest BCUT2D eigenvalue weighted by atomic mass is 9.82. The molecule has 0 aromatic heterocycles. The van der Waals surface area contributed by atoms with E-state index in [1.807, 2.05) is 36.4 Å². The second kappa shape index (κ2) is 20.8. The van der Waals surface area contributed by atoms with Crippen molar-refractivity contribution in [2.75, 3.05) is 0 Å². The SMILES string of the molecule is O=S(=O)(O)c1ccccc1-c1ccccc1-c1ccccc1-c1ccccc1-c1ccccc1-c1ccccc1-c1ccccc1-c1ccccc1-c1ccccc1-c1ccccc1-c1ccccc1-c1ccccc1. The molecule has 0 aliphatic carbocycles. The summed E-state index contributed by atoms with van der Waals surface area (Å²) in [6.07, 6.45) is 0. The van der Waals surface area contributed by atoms with E-state index in [4.69, 9.17) is 0 Å². The lowest BCUT2D eigenvalue weighted by Crippen LogP contribution is -2.01. The Kier molecular flexibility index (Phi) is 13.0. The van der Waals surface area contributed by atoms with Crippen molar-refractivity contribution in [1.82, 2.24) is 0 Å². The van der Waals surface area contributed by atoms with Crippen LogP contribution in [0.4, 0.5) is 0 Å². The van der Waals surface area contributed by atoms with Crippen LogP contribution in [0.1, 0.15) is 0 Å². The smallest absolute Gasteiger partial charge is 0.282 e. The van der Waals surface area contributed by atoms with Crippen LogP contribution in [-0.4, -0.2) is 13.0 Å². The predicted octanol–water partition coefficient (Wildman–Crippen LogP) is 19.3. The summed E-state index contributed by atoms with van der Waals surface area (Å²) in [7, 11) is -4.51. The van der Waals surface area contributed by atoms with Gasteiger partial charge in [0, 0.05) is 5.56 Å². The maximum atomic E-state index is 12.7. The summed E-state index contributed by atoms with van der Waals surface area (Å²) in [4.78, 5) is -0.134. The Bertz CT molecular complexity index is 4210. The number of hydrogen-bond acceptors (Lipinski definition) is 2. The second-order valence-corrected chi connectivity index (χ2v) is 20.2. The van der Waals surface area contributed by atoms with Gasteiger partial charge in [-0.2, -0.15) is 8.42 Å². The summed E-state index contributed by atoms with van der Waals surface area (Å²) >= 11 is 0. The first-order chi connectivity index (χ1) is 37.4. The minimum atomic E-state index is -4.51. The molecule has 12 aromatic carbocycles. The Labute approximate surface area is 445 Å². The molecule has 0 aliphatic heterocycles. The molecule has 0 spiro atoms. The van der Waals surface area contributed by atoms with Crippen LogP contribution in [0.2, 0.25) is 0 Å². The van der Waals surface area contributed by atoms with Crippen molar-refractivity contribution < 1.29 is 13.0 Å². The fraction of sp³-hybridized carbons (Fsp3) is 0. The number of hydrogen-bond donors (Lipinski definition) is 1. The van der Waals surface area contributed by atoms with Crippen LogP contribution in [0, 0.1) is 0 Å². The molecule has 4 heteroatoms. The highest BCUT2D eigenvalue weighted by Gasteiger charge is 2.23. The van der Waals surface area contributed by atoms with Gasteiger partial charge < -0.3 is 0 Å². The Morgan fingerprint density at radius 1 is 0.171 bits per heavy atom. The van der Waals surface area contributed by atoms with Crippen molar-refractivity contribution in [3.63, 3.8) is 0 Å². The molecule has 1 N–H and O–H groups in total. The Hall–Kier alpha value is -9.45. The molecule has 0 heterocycles. The molecule has 362 valence electrons. The standard InChI is InChI=1S/C72H50O3S/c73-76(74,75)72-49-25-24-48-71(72)70-47-23-22-46-69(70)68-45-21-20-44-67(68)66-43-19-18-42-65(66)64-41-17-16-40-63(64)62-39-15-14-38-61(62)60-37-13-12-36-59(60)58-35-11-10-34-57(58)56-33-9-8-32-55(56)54-31-7-6-30-53(54)52-29-5-4-28-51(52)50-26-2-1-3-27-50/h1-49H,(H,73,74,75). The van der Waals surface area contributed by atoms with Crippen molar-refractivity contribution in [3.05, 3.63) is 297 Å². The maximum absolute atomic E-state index is 12.7. The molecule has 0 radical (unpaired) electrons. The quantitative estimate of drug-likeness (QED) is 0.124. The van der Waals surface area contributed by atoms with E-state index in [0.29, 0.717) is 11.1 Å². The van der Waals surface area contributed by atoms with E-state index >= 15 is 0 Å². The Morgan fingerprint density at radius 3 is 0.526 bits per heavy atom. The molecule has 0 fully saturated rings. The highest BCUT2D eigenvalue weighted by Crippen LogP contribution is 2.49. The zero-order valence-corrected chi connectivity index (χ0v) is 42.3. The van der Waals surface area contributed by atoms with Crippen LogP contribution in [0.3, 0.4) is 0 Å². The van der Waals surface area contributed by atoms with Crippen LogP contribution in [0.25, 0.3) is 122 Å². The van der Waals surface area contributed by atoms with Crippen molar-refractivity contribution in [2.45, 2.75) is 4.90 Å². The van der Waals surface area contributed by atoms with E-state index in [9.17, 15) is 13.0 Å². The van der Waals surface area contributed by atoms with E-state index in [-0.39, 0.29) is 4.90 Å². The molecular formula is C72H50O3S. The van der Waals surface area contributed by atoms with Crippen molar-refractivity contribution in [3.8, 4) is 122 Å². The number of benzene rings is 12. The normalized spacial score (nSPS) is 11.3. The van der Waals surface area contributed by atoms with Crippen molar-refractivity contribution >= 4 is 10.1 Å². The van der Waals surface area contributed by atoms with Gasteiger partial charge in [0.2, 0.25) is 0 Å². The highest BCUT2D eigenvalue weighted by molar-refractivity contribution is 7.86. The molecule has 0 saturated carbocycles. The van der Waals surface area contributed by atoms with Gasteiger partial charge in [0.25, 0.3) is 10.1 Å². The van der Waals surface area contributed by atoms with E-state index in [1.54, 1.807) is 18.2 Å². The molecule has 12 aromatic rings. The van der Waals surface area contributed by atoms with Gasteiger partial charge in [0.1, 0.15) is 4.90 Å². The first-order valence-electron chi connectivity index (χ1n) is 25.5. The monoisotopic (exact) mass is 994 g/mol. The zero-order valence-electron chi connectivity index (χ0n) is 41.5. The van der Waals surface area contributed by atoms with Crippen molar-refractivity contribution in [1.29, 1.82) is 0 Å². The third kappa shape index (κ3) is 9.07. The van der Waals surface area contributed by atoms with Crippen LogP contribution in [0.5, 0.6) is 0 Å². The van der Waals surface area contributed by atoms with Gasteiger partial charge in [-0.25, -0.2) is 0 Å². The summed E-state index contributed by atoms with van der Waals surface area (Å²) in [6.45, 7) is 0. The Balaban J connectivity index is 0.976. The average Bonchev–Trinajstić information content (AvgIpc) is 3.50. The lowest BCUT2D eigenvalue weighted by Gasteiger charge is -2.21. The third-order valence-electron chi connectivity index (χ3n) is 14.4. The fourth-order valence-corrected chi connectivity index (χ4v) is 11.8. The largest absolute Gasteiger partial charge is 0.295 e. The topological polar surface area (TPSA) is 54.4 Å². The van der Waals surface area contributed by atoms with Gasteiger partial charge in [-0.05, 0) is 123 Å². The minimum Gasteiger partial charge on any atom is -0.282 e. The summed E-state index contributed by atoms with van der Waals surface area (Å²) in [5.74, 6) is 0. The molecule has 76 heavy (non-hydrogen) atoms. The van der Waals surface area contributed by atoms with Gasteiger partial charge in [-0.15, -0.1) is 0 Å². The van der Waals surface area contributed by atoms with E-state index in [0.717, 1.165) is 83.5 Å². The minimum absolute atomic E-state index is 0.134. The zero-order chi connectivity index (χ0) is 51.4. The van der Waals surface area contributed by atoms with Gasteiger partial charge >= 0.3 is 0 Å². The summed E-state index contributed by atoms with van der Waals surface area (Å²) in [5.41, 5.74) is 23.1. The summed E-state index contributed by atoms with van der Waals surface area (Å²) in [5, 5.41) is 0. The molecule has 0 saturated heterocycles. The summed E-state index contributed by atoms with van der Waals surface area (Å²) < 4.78 is 35.7. The Morgan fingerprint density at radius 2 is 0.316 bits per heavy atom. The van der Waals surface area contributed by atoms with E-state index < -0.39 is 10.1 Å². The fourth-order valence-electron chi connectivity index (χ4n) is 11.1. The van der Waals surface area contributed by atoms with Crippen LogP contribution in [0.15, 0.2) is 302 Å². The molecule has 3 nitrogen and oxygen atoms in total. The van der Waals surface area contributed by atoms with Gasteiger partial charge in [-0.1, -0.05) is 291 Å². The van der Waals surface area contributed by atoms with E-state index in [1.165, 1.54) is 33.9 Å². The molecular weight excluding hydrogens is 945 g/mol. The van der Waals surface area contributed by atoms with Gasteiger partial charge in [0.05, 0.1) is 0 Å². The van der Waals surface area contributed by atoms with Crippen molar-refractivity contribution in [2.24, 2.45) is 0 Å². The molecule has 0 atom stereocenters. The highest BCUT2D eigenvalue weighted by atomic mass is 32.2. The average molecular weight is 995 g/mol. The summed E-state index contributed by atoms with van der Waals surface area (Å²) in [6, 6.07) is 103. The maximum Gasteiger partial charge on any atom is 0.295 e. The van der Waals surface area contributed by atoms with E-state index in [2.05, 4.69) is 237 Å². The molecule has 12 rings (SSSR count). The first-order valence-corrected chi connectivity index (χ1v) is 26.9. The number of rotatable bonds is 12. The van der Waals surface area contributed by atoms with Crippen LogP contribution in [-0.2, 0) is 10.1 Å². The van der Waals surface area contributed by atoms with Crippen LogP contribution < -0.4 is 0 Å². The molecule has 0 amide bonds. The third-order valence-corrected chi connectivity index (χ3v) is 15.3.